The molecular formula is C16H16BrN5O. The number of carbonyl (C=O) groups excluding carboxylic acids is 1. The number of halogens is 1. The molecule has 3 rings (SSSR count). The lowest BCUT2D eigenvalue weighted by atomic mass is 10.3. The van der Waals surface area contributed by atoms with Gasteiger partial charge in [-0.3, -0.25) is 14.5 Å². The monoisotopic (exact) mass is 373 g/mol. The molecule has 0 saturated carbocycles. The zero-order chi connectivity index (χ0) is 16.2. The number of aromatic nitrogens is 4. The Bertz CT molecular complexity index is 809. The van der Waals surface area contributed by atoms with E-state index in [1.165, 1.54) is 0 Å². The third-order valence-electron chi connectivity index (χ3n) is 3.37. The Morgan fingerprint density at radius 2 is 2.22 bits per heavy atom. The number of carbonyl (C=O) groups is 1. The number of aryl methyl sites for hydroxylation is 1. The van der Waals surface area contributed by atoms with Gasteiger partial charge in [-0.05, 0) is 41.1 Å². The van der Waals surface area contributed by atoms with Gasteiger partial charge in [0.15, 0.2) is 5.82 Å². The highest BCUT2D eigenvalue weighted by molar-refractivity contribution is 9.10. The molecule has 23 heavy (non-hydrogen) atoms. The fraction of sp³-hybridized carbons (Fsp3) is 0.188. The van der Waals surface area contributed by atoms with Crippen LogP contribution in [0.5, 0.6) is 0 Å². The van der Waals surface area contributed by atoms with Crippen LogP contribution >= 0.6 is 15.9 Å². The maximum atomic E-state index is 12.4. The van der Waals surface area contributed by atoms with E-state index in [1.807, 2.05) is 42.1 Å². The van der Waals surface area contributed by atoms with Crippen molar-refractivity contribution >= 4 is 27.7 Å². The first-order valence-corrected chi connectivity index (χ1v) is 8.05. The molecule has 1 N–H and O–H groups in total. The molecule has 0 unspecified atom stereocenters. The molecule has 0 aliphatic rings. The van der Waals surface area contributed by atoms with Crippen LogP contribution in [0, 0.1) is 0 Å². The van der Waals surface area contributed by atoms with Gasteiger partial charge in [-0.25, -0.2) is 0 Å². The second-order valence-electron chi connectivity index (χ2n) is 5.00. The number of hydrogen-bond donors (Lipinski definition) is 1. The minimum absolute atomic E-state index is 0.180. The summed E-state index contributed by atoms with van der Waals surface area (Å²) in [5.41, 5.74) is 1.51. The van der Waals surface area contributed by atoms with Crippen molar-refractivity contribution in [3.8, 4) is 0 Å². The van der Waals surface area contributed by atoms with Crippen molar-refractivity contribution in [3.63, 3.8) is 0 Å². The zero-order valence-corrected chi connectivity index (χ0v) is 14.2. The molecule has 3 heterocycles. The molecule has 0 aliphatic carbocycles. The van der Waals surface area contributed by atoms with Gasteiger partial charge in [0.25, 0.3) is 5.91 Å². The highest BCUT2D eigenvalue weighted by Crippen LogP contribution is 2.16. The van der Waals surface area contributed by atoms with Gasteiger partial charge in [0.05, 0.1) is 12.2 Å². The SMILES string of the molecule is CCn1cc(Br)cc1C(=O)Nc1ccn(Cc2ccccn2)n1. The Labute approximate surface area is 142 Å². The van der Waals surface area contributed by atoms with Crippen LogP contribution in [0.15, 0.2) is 53.4 Å². The Morgan fingerprint density at radius 1 is 1.35 bits per heavy atom. The number of nitrogens with one attached hydrogen (secondary N) is 1. The maximum Gasteiger partial charge on any atom is 0.273 e. The summed E-state index contributed by atoms with van der Waals surface area (Å²) in [6.45, 7) is 3.28. The van der Waals surface area contributed by atoms with Crippen LogP contribution in [0.25, 0.3) is 0 Å². The molecule has 3 aromatic heterocycles. The molecule has 0 radical (unpaired) electrons. The molecular weight excluding hydrogens is 358 g/mol. The van der Waals surface area contributed by atoms with E-state index >= 15 is 0 Å². The molecule has 3 aromatic rings. The molecule has 0 fully saturated rings. The van der Waals surface area contributed by atoms with Crippen molar-refractivity contribution in [2.24, 2.45) is 0 Å². The normalized spacial score (nSPS) is 10.7. The highest BCUT2D eigenvalue weighted by atomic mass is 79.9. The van der Waals surface area contributed by atoms with Crippen molar-refractivity contribution in [1.82, 2.24) is 19.3 Å². The molecule has 0 aromatic carbocycles. The average molecular weight is 374 g/mol. The van der Waals surface area contributed by atoms with Crippen molar-refractivity contribution in [2.75, 3.05) is 5.32 Å². The number of amides is 1. The van der Waals surface area contributed by atoms with E-state index in [1.54, 1.807) is 23.0 Å². The lowest BCUT2D eigenvalue weighted by Gasteiger charge is -2.05. The quantitative estimate of drug-likeness (QED) is 0.746. The molecule has 0 saturated heterocycles. The lowest BCUT2D eigenvalue weighted by Crippen LogP contribution is -2.17. The summed E-state index contributed by atoms with van der Waals surface area (Å²) in [5.74, 6) is 0.339. The summed E-state index contributed by atoms with van der Waals surface area (Å²) >= 11 is 3.39. The predicted octanol–water partition coefficient (Wildman–Crippen LogP) is 3.16. The fourth-order valence-corrected chi connectivity index (χ4v) is 2.75. The third-order valence-corrected chi connectivity index (χ3v) is 3.80. The summed E-state index contributed by atoms with van der Waals surface area (Å²) < 4.78 is 4.50. The van der Waals surface area contributed by atoms with Gasteiger partial charge in [0.1, 0.15) is 5.69 Å². The summed E-state index contributed by atoms with van der Waals surface area (Å²) in [7, 11) is 0. The first-order valence-electron chi connectivity index (χ1n) is 7.26. The molecule has 0 spiro atoms. The van der Waals surface area contributed by atoms with Crippen molar-refractivity contribution < 1.29 is 4.79 Å². The largest absolute Gasteiger partial charge is 0.343 e. The van der Waals surface area contributed by atoms with Crippen molar-refractivity contribution in [3.05, 3.63) is 64.8 Å². The summed E-state index contributed by atoms with van der Waals surface area (Å²) in [6.07, 6.45) is 5.45. The number of rotatable bonds is 5. The zero-order valence-electron chi connectivity index (χ0n) is 12.6. The Hall–Kier alpha value is -2.41. The molecule has 6 nitrogen and oxygen atoms in total. The Kier molecular flexibility index (Phi) is 4.57. The van der Waals surface area contributed by atoms with Crippen molar-refractivity contribution in [2.45, 2.75) is 20.0 Å². The predicted molar refractivity (Wildman–Crippen MR) is 91.3 cm³/mol. The lowest BCUT2D eigenvalue weighted by molar-refractivity contribution is 0.101. The van der Waals surface area contributed by atoms with Crippen LogP contribution in [0.3, 0.4) is 0 Å². The van der Waals surface area contributed by atoms with E-state index in [-0.39, 0.29) is 5.91 Å². The summed E-state index contributed by atoms with van der Waals surface area (Å²) in [4.78, 5) is 16.6. The van der Waals surface area contributed by atoms with Gasteiger partial charge >= 0.3 is 0 Å². The Morgan fingerprint density at radius 3 is 2.96 bits per heavy atom. The van der Waals surface area contributed by atoms with E-state index in [9.17, 15) is 4.79 Å². The van der Waals surface area contributed by atoms with E-state index in [2.05, 4.69) is 31.3 Å². The van der Waals surface area contributed by atoms with E-state index in [0.29, 0.717) is 18.1 Å². The third kappa shape index (κ3) is 3.68. The second kappa shape index (κ2) is 6.78. The number of pyridine rings is 1. The average Bonchev–Trinajstić information content (AvgIpc) is 3.14. The van der Waals surface area contributed by atoms with Crippen LogP contribution in [0.4, 0.5) is 5.82 Å². The van der Waals surface area contributed by atoms with E-state index in [0.717, 1.165) is 16.7 Å². The molecule has 118 valence electrons. The fourth-order valence-electron chi connectivity index (χ4n) is 2.28. The molecule has 0 atom stereocenters. The molecule has 0 aliphatic heterocycles. The second-order valence-corrected chi connectivity index (χ2v) is 5.92. The molecule has 1 amide bonds. The summed E-state index contributed by atoms with van der Waals surface area (Å²) in [6, 6.07) is 9.31. The smallest absolute Gasteiger partial charge is 0.273 e. The first-order chi connectivity index (χ1) is 11.2. The van der Waals surface area contributed by atoms with E-state index < -0.39 is 0 Å². The number of anilines is 1. The van der Waals surface area contributed by atoms with Gasteiger partial charge in [-0.15, -0.1) is 0 Å². The van der Waals surface area contributed by atoms with Crippen LogP contribution in [0.1, 0.15) is 23.1 Å². The van der Waals surface area contributed by atoms with Gasteiger partial charge in [0, 0.05) is 35.7 Å². The topological polar surface area (TPSA) is 64.7 Å². The van der Waals surface area contributed by atoms with Crippen LogP contribution in [-0.4, -0.2) is 25.2 Å². The minimum Gasteiger partial charge on any atom is -0.343 e. The van der Waals surface area contributed by atoms with Gasteiger partial charge in [-0.1, -0.05) is 6.07 Å². The standard InChI is InChI=1S/C16H16BrN5O/c1-2-21-10-12(17)9-14(21)16(23)19-15-6-8-22(20-15)11-13-5-3-4-7-18-13/h3-10H,2,11H2,1H3,(H,19,20,23). The van der Waals surface area contributed by atoms with Crippen LogP contribution in [-0.2, 0) is 13.1 Å². The van der Waals surface area contributed by atoms with Crippen LogP contribution < -0.4 is 5.32 Å². The Balaban J connectivity index is 1.70. The van der Waals surface area contributed by atoms with Gasteiger partial charge < -0.3 is 9.88 Å². The van der Waals surface area contributed by atoms with Gasteiger partial charge in [0.2, 0.25) is 0 Å². The number of nitrogens with zero attached hydrogens (tertiary/aromatic N) is 4. The molecule has 0 bridgehead atoms. The van der Waals surface area contributed by atoms with Gasteiger partial charge in [-0.2, -0.15) is 5.10 Å². The first kappa shape index (κ1) is 15.5. The highest BCUT2D eigenvalue weighted by Gasteiger charge is 2.13. The van der Waals surface area contributed by atoms with Crippen LogP contribution in [0.2, 0.25) is 0 Å². The van der Waals surface area contributed by atoms with E-state index in [4.69, 9.17) is 0 Å². The summed E-state index contributed by atoms with van der Waals surface area (Å²) in [5, 5.41) is 7.18. The minimum atomic E-state index is -0.180. The molecule has 7 heteroatoms. The maximum absolute atomic E-state index is 12.4. The van der Waals surface area contributed by atoms with Crippen molar-refractivity contribution in [1.29, 1.82) is 0 Å². The number of hydrogen-bond acceptors (Lipinski definition) is 3.